The molecule has 1 spiro atoms. The van der Waals surface area contributed by atoms with Crippen LogP contribution in [0.4, 0.5) is 0 Å². The van der Waals surface area contributed by atoms with Crippen LogP contribution < -0.4 is 5.32 Å². The minimum Gasteiger partial charge on any atom is -0.373 e. The van der Waals surface area contributed by atoms with Crippen molar-refractivity contribution in [3.8, 4) is 0 Å². The Bertz CT molecular complexity index is 707. The molecule has 5 nitrogen and oxygen atoms in total. The van der Waals surface area contributed by atoms with Gasteiger partial charge in [-0.2, -0.15) is 11.3 Å². The highest BCUT2D eigenvalue weighted by Gasteiger charge is 2.43. The number of amides is 1. The number of nitrogens with one attached hydrogen (secondary N) is 1. The Morgan fingerprint density at radius 3 is 3.24 bits per heavy atom. The van der Waals surface area contributed by atoms with E-state index in [1.165, 1.54) is 5.56 Å². The SMILES string of the molecule is O=C(N[C@@H]1CCO[C@]2(CCN(Cc3ccsc3)C2)C1)c1cccnc1. The molecule has 2 aliphatic heterocycles. The van der Waals surface area contributed by atoms with E-state index in [0.717, 1.165) is 38.9 Å². The number of hydrogen-bond acceptors (Lipinski definition) is 5. The summed E-state index contributed by atoms with van der Waals surface area (Å²) in [5.41, 5.74) is 1.88. The van der Waals surface area contributed by atoms with E-state index in [0.29, 0.717) is 12.2 Å². The van der Waals surface area contributed by atoms with Gasteiger partial charge in [0.15, 0.2) is 0 Å². The van der Waals surface area contributed by atoms with Gasteiger partial charge in [-0.05, 0) is 53.8 Å². The molecule has 4 heterocycles. The average molecular weight is 357 g/mol. The summed E-state index contributed by atoms with van der Waals surface area (Å²) < 4.78 is 6.19. The van der Waals surface area contributed by atoms with E-state index in [4.69, 9.17) is 4.74 Å². The fourth-order valence-corrected chi connectivity index (χ4v) is 4.56. The maximum Gasteiger partial charge on any atom is 0.253 e. The summed E-state index contributed by atoms with van der Waals surface area (Å²) in [6.45, 7) is 3.70. The van der Waals surface area contributed by atoms with Crippen molar-refractivity contribution in [2.24, 2.45) is 0 Å². The molecule has 1 amide bonds. The van der Waals surface area contributed by atoms with Crippen LogP contribution in [0.15, 0.2) is 41.4 Å². The third kappa shape index (κ3) is 3.92. The Balaban J connectivity index is 1.35. The number of likely N-dealkylation sites (tertiary alicyclic amines) is 1. The van der Waals surface area contributed by atoms with Gasteiger partial charge >= 0.3 is 0 Å². The molecule has 2 aliphatic rings. The summed E-state index contributed by atoms with van der Waals surface area (Å²) in [6, 6.07) is 5.95. The van der Waals surface area contributed by atoms with E-state index >= 15 is 0 Å². The van der Waals surface area contributed by atoms with Gasteiger partial charge in [-0.25, -0.2) is 0 Å². The van der Waals surface area contributed by atoms with Gasteiger partial charge in [0.2, 0.25) is 0 Å². The van der Waals surface area contributed by atoms with Gasteiger partial charge in [-0.3, -0.25) is 14.7 Å². The van der Waals surface area contributed by atoms with Crippen molar-refractivity contribution in [1.29, 1.82) is 0 Å². The number of ether oxygens (including phenoxy) is 1. The molecule has 2 fully saturated rings. The monoisotopic (exact) mass is 357 g/mol. The van der Waals surface area contributed by atoms with Crippen LogP contribution in [0.5, 0.6) is 0 Å². The Hall–Kier alpha value is -1.76. The second-order valence-electron chi connectivity index (χ2n) is 7.03. The summed E-state index contributed by atoms with van der Waals surface area (Å²) in [7, 11) is 0. The van der Waals surface area contributed by atoms with Crippen LogP contribution in [-0.2, 0) is 11.3 Å². The number of carbonyl (C=O) groups excluding carboxylic acids is 1. The van der Waals surface area contributed by atoms with Crippen molar-refractivity contribution >= 4 is 17.2 Å². The molecule has 1 N–H and O–H groups in total. The van der Waals surface area contributed by atoms with Gasteiger partial charge < -0.3 is 10.1 Å². The molecular weight excluding hydrogens is 334 g/mol. The second-order valence-corrected chi connectivity index (χ2v) is 7.81. The third-order valence-corrected chi connectivity index (χ3v) is 5.87. The summed E-state index contributed by atoms with van der Waals surface area (Å²) in [5.74, 6) is -0.0386. The molecule has 2 aromatic rings. The molecule has 0 unspecified atom stereocenters. The molecular formula is C19H23N3O2S. The van der Waals surface area contributed by atoms with Crippen molar-refractivity contribution in [3.05, 3.63) is 52.5 Å². The van der Waals surface area contributed by atoms with Gasteiger partial charge in [0.05, 0.1) is 11.2 Å². The van der Waals surface area contributed by atoms with Crippen LogP contribution in [0.25, 0.3) is 0 Å². The van der Waals surface area contributed by atoms with E-state index in [2.05, 4.69) is 32.0 Å². The first kappa shape index (κ1) is 16.7. The van der Waals surface area contributed by atoms with Crippen LogP contribution in [0.2, 0.25) is 0 Å². The lowest BCUT2D eigenvalue weighted by molar-refractivity contribution is -0.0793. The zero-order valence-electron chi connectivity index (χ0n) is 14.2. The molecule has 2 atom stereocenters. The number of carbonyl (C=O) groups is 1. The smallest absolute Gasteiger partial charge is 0.253 e. The zero-order valence-corrected chi connectivity index (χ0v) is 15.0. The summed E-state index contributed by atoms with van der Waals surface area (Å²) in [4.78, 5) is 18.9. The molecule has 2 aromatic heterocycles. The number of nitrogens with zero attached hydrogens (tertiary/aromatic N) is 2. The summed E-state index contributed by atoms with van der Waals surface area (Å²) in [5, 5.41) is 7.51. The Morgan fingerprint density at radius 2 is 2.44 bits per heavy atom. The first-order valence-corrected chi connectivity index (χ1v) is 9.75. The highest BCUT2D eigenvalue weighted by molar-refractivity contribution is 7.07. The first-order chi connectivity index (χ1) is 12.2. The standard InChI is InChI=1S/C19H23N3O2S/c23-18(16-2-1-6-20-11-16)21-17-3-8-24-19(10-17)5-7-22(14-19)12-15-4-9-25-13-15/h1-2,4,6,9,11,13,17H,3,5,7-8,10,12,14H2,(H,21,23)/t17-,19-/m1/s1. The lowest BCUT2D eigenvalue weighted by Crippen LogP contribution is -2.49. The quantitative estimate of drug-likeness (QED) is 0.914. The van der Waals surface area contributed by atoms with Crippen LogP contribution >= 0.6 is 11.3 Å². The van der Waals surface area contributed by atoms with E-state index < -0.39 is 0 Å². The molecule has 2 saturated heterocycles. The number of pyridine rings is 1. The maximum atomic E-state index is 12.4. The largest absolute Gasteiger partial charge is 0.373 e. The van der Waals surface area contributed by atoms with Crippen molar-refractivity contribution in [2.75, 3.05) is 19.7 Å². The molecule has 6 heteroatoms. The van der Waals surface area contributed by atoms with E-state index in [1.807, 2.05) is 0 Å². The second kappa shape index (κ2) is 7.23. The number of rotatable bonds is 4. The van der Waals surface area contributed by atoms with E-state index in [-0.39, 0.29) is 17.6 Å². The van der Waals surface area contributed by atoms with Crippen LogP contribution in [0, 0.1) is 0 Å². The Labute approximate surface area is 152 Å². The third-order valence-electron chi connectivity index (χ3n) is 5.13. The van der Waals surface area contributed by atoms with Crippen LogP contribution in [0.3, 0.4) is 0 Å². The minimum atomic E-state index is -0.110. The number of aromatic nitrogens is 1. The van der Waals surface area contributed by atoms with Gasteiger partial charge in [-0.15, -0.1) is 0 Å². The minimum absolute atomic E-state index is 0.0386. The number of thiophene rings is 1. The highest BCUT2D eigenvalue weighted by Crippen LogP contribution is 2.35. The normalized spacial score (nSPS) is 26.8. The van der Waals surface area contributed by atoms with Crippen LogP contribution in [0.1, 0.15) is 35.2 Å². The molecule has 132 valence electrons. The van der Waals surface area contributed by atoms with Crippen molar-refractivity contribution in [2.45, 2.75) is 37.5 Å². The molecule has 4 rings (SSSR count). The van der Waals surface area contributed by atoms with Crippen molar-refractivity contribution in [1.82, 2.24) is 15.2 Å². The maximum absolute atomic E-state index is 12.4. The topological polar surface area (TPSA) is 54.5 Å². The Kier molecular flexibility index (Phi) is 4.83. The fourth-order valence-electron chi connectivity index (χ4n) is 3.90. The van der Waals surface area contributed by atoms with Gasteiger partial charge in [0, 0.05) is 44.7 Å². The van der Waals surface area contributed by atoms with Gasteiger partial charge in [0.1, 0.15) is 0 Å². The fraction of sp³-hybridized carbons (Fsp3) is 0.474. The first-order valence-electron chi connectivity index (χ1n) is 8.81. The highest BCUT2D eigenvalue weighted by atomic mass is 32.1. The average Bonchev–Trinajstić information content (AvgIpc) is 3.27. The Morgan fingerprint density at radius 1 is 1.48 bits per heavy atom. The van der Waals surface area contributed by atoms with Gasteiger partial charge in [0.25, 0.3) is 5.91 Å². The molecule has 0 saturated carbocycles. The molecule has 0 bridgehead atoms. The van der Waals surface area contributed by atoms with Gasteiger partial charge in [-0.1, -0.05) is 0 Å². The molecule has 0 radical (unpaired) electrons. The van der Waals surface area contributed by atoms with Crippen molar-refractivity contribution in [3.63, 3.8) is 0 Å². The summed E-state index contributed by atoms with van der Waals surface area (Å²) in [6.07, 6.45) is 6.09. The lowest BCUT2D eigenvalue weighted by atomic mass is 9.89. The van der Waals surface area contributed by atoms with Crippen molar-refractivity contribution < 1.29 is 9.53 Å². The predicted molar refractivity (Wildman–Crippen MR) is 97.6 cm³/mol. The zero-order chi connectivity index (χ0) is 17.1. The molecule has 0 aromatic carbocycles. The number of hydrogen-bond donors (Lipinski definition) is 1. The molecule has 0 aliphatic carbocycles. The van der Waals surface area contributed by atoms with E-state index in [1.54, 1.807) is 35.9 Å². The summed E-state index contributed by atoms with van der Waals surface area (Å²) >= 11 is 1.74. The predicted octanol–water partition coefficient (Wildman–Crippen LogP) is 2.70. The lowest BCUT2D eigenvalue weighted by Gasteiger charge is -2.38. The van der Waals surface area contributed by atoms with E-state index in [9.17, 15) is 4.79 Å². The molecule has 25 heavy (non-hydrogen) atoms. The van der Waals surface area contributed by atoms with Crippen LogP contribution in [-0.4, -0.2) is 47.1 Å².